The number of methoxy groups -OCH3 is 1. The van der Waals surface area contributed by atoms with Crippen molar-refractivity contribution in [2.24, 2.45) is 17.8 Å². The van der Waals surface area contributed by atoms with Crippen LogP contribution in [-0.2, 0) is 6.54 Å². The molecule has 1 aromatic rings. The van der Waals surface area contributed by atoms with Gasteiger partial charge in [0.15, 0.2) is 11.5 Å². The standard InChI is InChI=1S/C22H32N2O2/c1-3-26-22-14-18(5-7-21(22)25-2)15-23-8-10-24(11-9-23)16-20-13-17-4-6-19(20)12-17/h4-7,14,17,19-20H,3,8-13,15-16H2,1-2H3/t17-,19+,20-/m1/s1. The molecule has 0 aromatic heterocycles. The summed E-state index contributed by atoms with van der Waals surface area (Å²) in [7, 11) is 1.70. The number of allylic oxidation sites excluding steroid dienone is 2. The normalized spacial score (nSPS) is 28.6. The molecule has 2 aliphatic carbocycles. The first kappa shape index (κ1) is 17.9. The Morgan fingerprint density at radius 3 is 2.46 bits per heavy atom. The van der Waals surface area contributed by atoms with Gasteiger partial charge in [0.2, 0.25) is 0 Å². The van der Waals surface area contributed by atoms with Gasteiger partial charge in [0.05, 0.1) is 13.7 Å². The van der Waals surface area contributed by atoms with Crippen LogP contribution < -0.4 is 9.47 Å². The van der Waals surface area contributed by atoms with Crippen LogP contribution in [0.15, 0.2) is 30.4 Å². The first-order valence-electron chi connectivity index (χ1n) is 10.2. The molecule has 1 aliphatic heterocycles. The molecule has 0 spiro atoms. The SMILES string of the molecule is CCOc1cc(CN2CCN(C[C@H]3C[C@@H]4C=C[C@H]3C4)CC2)ccc1OC. The van der Waals surface area contributed by atoms with Crippen molar-refractivity contribution in [2.75, 3.05) is 46.4 Å². The Hall–Kier alpha value is -1.52. The average Bonchev–Trinajstić information content (AvgIpc) is 3.27. The molecule has 3 atom stereocenters. The Bertz CT molecular complexity index is 637. The highest BCUT2D eigenvalue weighted by molar-refractivity contribution is 5.43. The van der Waals surface area contributed by atoms with E-state index in [-0.39, 0.29) is 0 Å². The van der Waals surface area contributed by atoms with Crippen LogP contribution in [0.5, 0.6) is 11.5 Å². The van der Waals surface area contributed by atoms with Crippen LogP contribution in [0.1, 0.15) is 25.3 Å². The van der Waals surface area contributed by atoms with Crippen LogP contribution in [0.3, 0.4) is 0 Å². The zero-order valence-electron chi connectivity index (χ0n) is 16.2. The fourth-order valence-electron chi connectivity index (χ4n) is 4.91. The molecule has 4 heteroatoms. The average molecular weight is 357 g/mol. The quantitative estimate of drug-likeness (QED) is 0.699. The van der Waals surface area contributed by atoms with E-state index in [2.05, 4.69) is 34.1 Å². The van der Waals surface area contributed by atoms with Gasteiger partial charge < -0.3 is 14.4 Å². The van der Waals surface area contributed by atoms with Crippen molar-refractivity contribution in [1.29, 1.82) is 0 Å². The van der Waals surface area contributed by atoms with Gasteiger partial charge in [-0.2, -0.15) is 0 Å². The van der Waals surface area contributed by atoms with Crippen LogP contribution in [-0.4, -0.2) is 56.2 Å². The minimum Gasteiger partial charge on any atom is -0.493 e. The number of benzene rings is 1. The Morgan fingerprint density at radius 2 is 1.81 bits per heavy atom. The lowest BCUT2D eigenvalue weighted by atomic mass is 9.93. The van der Waals surface area contributed by atoms with Crippen LogP contribution in [0.2, 0.25) is 0 Å². The van der Waals surface area contributed by atoms with Crippen LogP contribution in [0.4, 0.5) is 0 Å². The molecular weight excluding hydrogens is 324 g/mol. The van der Waals surface area contributed by atoms with E-state index >= 15 is 0 Å². The summed E-state index contributed by atoms with van der Waals surface area (Å²) in [6.07, 6.45) is 7.77. The predicted molar refractivity (Wildman–Crippen MR) is 105 cm³/mol. The fourth-order valence-corrected chi connectivity index (χ4v) is 4.91. The summed E-state index contributed by atoms with van der Waals surface area (Å²) < 4.78 is 11.1. The second kappa shape index (κ2) is 8.01. The van der Waals surface area contributed by atoms with Crippen LogP contribution in [0.25, 0.3) is 0 Å². The first-order chi connectivity index (χ1) is 12.7. The van der Waals surface area contributed by atoms with E-state index in [0.717, 1.165) is 48.9 Å². The summed E-state index contributed by atoms with van der Waals surface area (Å²) in [6, 6.07) is 6.32. The van der Waals surface area contributed by atoms with Crippen molar-refractivity contribution < 1.29 is 9.47 Å². The molecule has 0 unspecified atom stereocenters. The molecule has 4 nitrogen and oxygen atoms in total. The molecule has 1 aromatic carbocycles. The maximum Gasteiger partial charge on any atom is 0.161 e. The topological polar surface area (TPSA) is 24.9 Å². The Labute approximate surface area is 157 Å². The summed E-state index contributed by atoms with van der Waals surface area (Å²) in [5.41, 5.74) is 1.31. The predicted octanol–water partition coefficient (Wildman–Crippen LogP) is 3.42. The molecule has 0 radical (unpaired) electrons. The molecule has 26 heavy (non-hydrogen) atoms. The third-order valence-corrected chi connectivity index (χ3v) is 6.31. The van der Waals surface area contributed by atoms with E-state index < -0.39 is 0 Å². The molecule has 2 fully saturated rings. The lowest BCUT2D eigenvalue weighted by Gasteiger charge is -2.37. The Kier molecular flexibility index (Phi) is 5.51. The third kappa shape index (κ3) is 3.91. The van der Waals surface area contributed by atoms with Gasteiger partial charge in [0.1, 0.15) is 0 Å². The van der Waals surface area contributed by atoms with Crippen molar-refractivity contribution in [3.05, 3.63) is 35.9 Å². The molecule has 1 saturated heterocycles. The van der Waals surface area contributed by atoms with E-state index in [1.165, 1.54) is 38.0 Å². The summed E-state index contributed by atoms with van der Waals surface area (Å²) in [6.45, 7) is 9.69. The van der Waals surface area contributed by atoms with E-state index in [1.54, 1.807) is 7.11 Å². The lowest BCUT2D eigenvalue weighted by molar-refractivity contribution is 0.108. The van der Waals surface area contributed by atoms with Gasteiger partial charge in [-0.3, -0.25) is 4.90 Å². The van der Waals surface area contributed by atoms with Crippen molar-refractivity contribution in [2.45, 2.75) is 26.3 Å². The van der Waals surface area contributed by atoms with Crippen LogP contribution in [0, 0.1) is 17.8 Å². The van der Waals surface area contributed by atoms with E-state index in [0.29, 0.717) is 6.61 Å². The second-order valence-electron chi connectivity index (χ2n) is 8.04. The van der Waals surface area contributed by atoms with Gasteiger partial charge in [0.25, 0.3) is 0 Å². The van der Waals surface area contributed by atoms with Gasteiger partial charge in [-0.1, -0.05) is 18.2 Å². The zero-order valence-corrected chi connectivity index (χ0v) is 16.2. The largest absolute Gasteiger partial charge is 0.493 e. The van der Waals surface area contributed by atoms with Gasteiger partial charge in [-0.05, 0) is 55.2 Å². The molecule has 142 valence electrons. The number of ether oxygens (including phenoxy) is 2. The minimum atomic E-state index is 0.663. The van der Waals surface area contributed by atoms with Gasteiger partial charge >= 0.3 is 0 Å². The summed E-state index contributed by atoms with van der Waals surface area (Å²) in [4.78, 5) is 5.25. The van der Waals surface area contributed by atoms with Crippen molar-refractivity contribution in [3.8, 4) is 11.5 Å². The van der Waals surface area contributed by atoms with E-state index in [1.807, 2.05) is 13.0 Å². The minimum absolute atomic E-state index is 0.663. The number of hydrogen-bond donors (Lipinski definition) is 0. The molecular formula is C22H32N2O2. The highest BCUT2D eigenvalue weighted by Crippen LogP contribution is 2.43. The fraction of sp³-hybridized carbons (Fsp3) is 0.636. The molecule has 3 aliphatic rings. The first-order valence-corrected chi connectivity index (χ1v) is 10.2. The van der Waals surface area contributed by atoms with Gasteiger partial charge in [-0.25, -0.2) is 0 Å². The van der Waals surface area contributed by atoms with Gasteiger partial charge in [0, 0.05) is 39.3 Å². The molecule has 1 saturated carbocycles. The van der Waals surface area contributed by atoms with Crippen molar-refractivity contribution >= 4 is 0 Å². The number of hydrogen-bond acceptors (Lipinski definition) is 4. The molecule has 2 bridgehead atoms. The zero-order chi connectivity index (χ0) is 17.9. The molecule has 0 N–H and O–H groups in total. The number of fused-ring (bicyclic) bond motifs is 2. The highest BCUT2D eigenvalue weighted by Gasteiger charge is 2.36. The van der Waals surface area contributed by atoms with Crippen LogP contribution >= 0.6 is 0 Å². The van der Waals surface area contributed by atoms with E-state index in [9.17, 15) is 0 Å². The summed E-state index contributed by atoms with van der Waals surface area (Å²) in [5, 5.41) is 0. The van der Waals surface area contributed by atoms with Crippen molar-refractivity contribution in [1.82, 2.24) is 9.80 Å². The molecule has 0 amide bonds. The lowest BCUT2D eigenvalue weighted by Crippen LogP contribution is -2.47. The Morgan fingerprint density at radius 1 is 1.00 bits per heavy atom. The maximum absolute atomic E-state index is 5.72. The molecule has 4 rings (SSSR count). The summed E-state index contributed by atoms with van der Waals surface area (Å²) in [5.74, 6) is 4.35. The Balaban J connectivity index is 1.27. The number of nitrogens with zero attached hydrogens (tertiary/aromatic N) is 2. The van der Waals surface area contributed by atoms with Crippen molar-refractivity contribution in [3.63, 3.8) is 0 Å². The number of piperazine rings is 1. The summed E-state index contributed by atoms with van der Waals surface area (Å²) >= 11 is 0. The highest BCUT2D eigenvalue weighted by atomic mass is 16.5. The monoisotopic (exact) mass is 356 g/mol. The van der Waals surface area contributed by atoms with E-state index in [4.69, 9.17) is 9.47 Å². The second-order valence-corrected chi connectivity index (χ2v) is 8.04. The molecule has 1 heterocycles. The smallest absolute Gasteiger partial charge is 0.161 e. The number of rotatable bonds is 7. The maximum atomic E-state index is 5.72. The third-order valence-electron chi connectivity index (χ3n) is 6.31. The van der Waals surface area contributed by atoms with Gasteiger partial charge in [-0.15, -0.1) is 0 Å².